The largest absolute Gasteiger partial charge is 0.458 e. The van der Waals surface area contributed by atoms with E-state index in [1.807, 2.05) is 6.08 Å². The molecule has 0 aromatic heterocycles. The molecule has 0 spiro atoms. The molecule has 0 saturated carbocycles. The van der Waals surface area contributed by atoms with Gasteiger partial charge >= 0.3 is 11.9 Å². The van der Waals surface area contributed by atoms with Gasteiger partial charge in [-0.15, -0.1) is 0 Å². The molecule has 2 aliphatic rings. The first-order chi connectivity index (χ1) is 30.5. The van der Waals surface area contributed by atoms with Gasteiger partial charge in [-0.2, -0.15) is 0 Å². The Balaban J connectivity index is 1.87. The Morgan fingerprint density at radius 3 is 1.60 bits per heavy atom. The van der Waals surface area contributed by atoms with Crippen LogP contribution in [0.5, 0.6) is 0 Å². The number of hydrogen-bond acceptors (Lipinski definition) is 15. The van der Waals surface area contributed by atoms with Crippen LogP contribution < -0.4 is 0 Å². The second kappa shape index (κ2) is 35.9. The number of carbonyl (C=O) groups excluding carboxylic acids is 2. The van der Waals surface area contributed by atoms with Crippen molar-refractivity contribution in [1.29, 1.82) is 0 Å². The van der Waals surface area contributed by atoms with E-state index in [0.717, 1.165) is 51.4 Å². The second-order valence-electron chi connectivity index (χ2n) is 17.0. The maximum Gasteiger partial charge on any atom is 0.330 e. The highest BCUT2D eigenvalue weighted by atomic mass is 16.7. The lowest BCUT2D eigenvalue weighted by atomic mass is 9.98. The number of unbranched alkanes of at least 4 members (excludes halogenated alkanes) is 19. The monoisotopic (exact) mass is 901 g/mol. The standard InChI is InChI=1S/C48H84O15/c1-3-5-7-9-11-13-15-17-18-19-21-22-24-26-28-30-39(50)58-33-36(61-40(51)31-29-27-25-23-20-16-14-12-10-8-6-4-2)34-59-47-46(57)44(55)42(53)38(63-47)35-60-48-45(56)43(54)41(52)37(32-49)62-48/h12,14,24,26,28,30,36-38,41-49,52-57H,3-11,13,15-23,25,27,29,31-35H2,1-2H3/b14-12+,26-24+,30-28+/t36-,37-,38-,41+,42+,43?,44?,45?,46?,47-,48-/m1/s1. The number of hydrogen-bond donors (Lipinski definition) is 7. The third-order valence-electron chi connectivity index (χ3n) is 11.4. The number of esters is 2. The summed E-state index contributed by atoms with van der Waals surface area (Å²) >= 11 is 0. The molecular weight excluding hydrogens is 817 g/mol. The van der Waals surface area contributed by atoms with Crippen molar-refractivity contribution in [2.75, 3.05) is 26.4 Å². The number of ether oxygens (including phenoxy) is 6. The molecule has 7 N–H and O–H groups in total. The Hall–Kier alpha value is -2.28. The molecule has 366 valence electrons. The molecule has 63 heavy (non-hydrogen) atoms. The zero-order chi connectivity index (χ0) is 46.1. The maximum absolute atomic E-state index is 12.9. The van der Waals surface area contributed by atoms with Gasteiger partial charge in [-0.1, -0.05) is 141 Å². The van der Waals surface area contributed by atoms with E-state index >= 15 is 0 Å². The van der Waals surface area contributed by atoms with Gasteiger partial charge in [-0.3, -0.25) is 4.79 Å². The summed E-state index contributed by atoms with van der Waals surface area (Å²) in [6.07, 6.45) is 19.6. The second-order valence-corrected chi connectivity index (χ2v) is 17.0. The van der Waals surface area contributed by atoms with Crippen molar-refractivity contribution in [3.63, 3.8) is 0 Å². The number of rotatable bonds is 36. The minimum absolute atomic E-state index is 0.135. The lowest BCUT2D eigenvalue weighted by Gasteiger charge is -2.42. The van der Waals surface area contributed by atoms with Crippen molar-refractivity contribution in [3.8, 4) is 0 Å². The molecule has 2 aliphatic heterocycles. The summed E-state index contributed by atoms with van der Waals surface area (Å²) in [6.45, 7) is 2.42. The van der Waals surface area contributed by atoms with Gasteiger partial charge in [0.1, 0.15) is 55.4 Å². The zero-order valence-corrected chi connectivity index (χ0v) is 38.3. The van der Waals surface area contributed by atoms with Gasteiger partial charge in [0.25, 0.3) is 0 Å². The summed E-state index contributed by atoms with van der Waals surface area (Å²) in [6, 6.07) is 0. The van der Waals surface area contributed by atoms with Crippen molar-refractivity contribution in [1.82, 2.24) is 0 Å². The Labute approximate surface area is 376 Å². The highest BCUT2D eigenvalue weighted by Crippen LogP contribution is 2.26. The van der Waals surface area contributed by atoms with Gasteiger partial charge in [0.15, 0.2) is 18.7 Å². The van der Waals surface area contributed by atoms with Gasteiger partial charge < -0.3 is 64.2 Å². The summed E-state index contributed by atoms with van der Waals surface area (Å²) in [5, 5.41) is 71.9. The molecule has 0 amide bonds. The van der Waals surface area contributed by atoms with Crippen molar-refractivity contribution in [3.05, 3.63) is 36.5 Å². The molecule has 4 unspecified atom stereocenters. The van der Waals surface area contributed by atoms with Crippen molar-refractivity contribution in [2.24, 2.45) is 0 Å². The topological polar surface area (TPSA) is 231 Å². The predicted octanol–water partition coefficient (Wildman–Crippen LogP) is 5.76. The third-order valence-corrected chi connectivity index (χ3v) is 11.4. The lowest BCUT2D eigenvalue weighted by Crippen LogP contribution is -2.61. The van der Waals surface area contributed by atoms with Crippen LogP contribution in [-0.2, 0) is 38.0 Å². The molecule has 15 heteroatoms. The quantitative estimate of drug-likeness (QED) is 0.0130. The highest BCUT2D eigenvalue weighted by Gasteiger charge is 2.47. The fraction of sp³-hybridized carbons (Fsp3) is 0.833. The molecule has 2 saturated heterocycles. The minimum atomic E-state index is -1.78. The molecule has 0 aliphatic carbocycles. The smallest absolute Gasteiger partial charge is 0.330 e. The van der Waals surface area contributed by atoms with E-state index in [9.17, 15) is 45.3 Å². The molecule has 15 nitrogen and oxygen atoms in total. The van der Waals surface area contributed by atoms with Crippen LogP contribution in [0.15, 0.2) is 36.5 Å². The van der Waals surface area contributed by atoms with E-state index in [1.54, 1.807) is 12.2 Å². The van der Waals surface area contributed by atoms with E-state index < -0.39 is 99.3 Å². The van der Waals surface area contributed by atoms with E-state index in [-0.39, 0.29) is 13.0 Å². The summed E-state index contributed by atoms with van der Waals surface area (Å²) in [7, 11) is 0. The lowest BCUT2D eigenvalue weighted by molar-refractivity contribution is -0.332. The van der Waals surface area contributed by atoms with Crippen LogP contribution in [0.3, 0.4) is 0 Å². The van der Waals surface area contributed by atoms with Crippen molar-refractivity contribution in [2.45, 2.75) is 229 Å². The molecule has 11 atom stereocenters. The average molecular weight is 901 g/mol. The highest BCUT2D eigenvalue weighted by molar-refractivity contribution is 5.82. The fourth-order valence-electron chi connectivity index (χ4n) is 7.42. The molecule has 0 aromatic rings. The molecule has 0 aromatic carbocycles. The van der Waals surface area contributed by atoms with E-state index in [0.29, 0.717) is 6.42 Å². The first kappa shape index (κ1) is 56.8. The Morgan fingerprint density at radius 2 is 1.02 bits per heavy atom. The van der Waals surface area contributed by atoms with Gasteiger partial charge in [-0.05, 0) is 44.9 Å². The normalized spacial score (nSPS) is 27.1. The van der Waals surface area contributed by atoms with Crippen LogP contribution in [0.1, 0.15) is 162 Å². The Kier molecular flexibility index (Phi) is 32.4. The van der Waals surface area contributed by atoms with E-state index in [1.165, 1.54) is 89.5 Å². The average Bonchev–Trinajstić information content (AvgIpc) is 3.28. The first-order valence-corrected chi connectivity index (χ1v) is 24.1. The SMILES string of the molecule is CCCCC/C=C/CCCCCCCC(=O)O[C@H](COC(=O)/C=C/C=C/CCCCCCCCCCCCC)CO[C@@H]1O[C@H](CO[C@@H]2O[C@H](CO)[C@H](O)C(O)C2O)[C@H](O)C(O)C1O. The maximum atomic E-state index is 12.9. The van der Waals surface area contributed by atoms with Crippen LogP contribution in [0.2, 0.25) is 0 Å². The Morgan fingerprint density at radius 1 is 0.540 bits per heavy atom. The zero-order valence-electron chi connectivity index (χ0n) is 38.3. The van der Waals surface area contributed by atoms with Gasteiger partial charge in [-0.25, -0.2) is 4.79 Å². The number of carbonyl (C=O) groups is 2. The first-order valence-electron chi connectivity index (χ1n) is 24.1. The molecule has 2 heterocycles. The van der Waals surface area contributed by atoms with Crippen LogP contribution in [0, 0.1) is 0 Å². The summed E-state index contributed by atoms with van der Waals surface area (Å²) in [5.41, 5.74) is 0. The molecule has 2 fully saturated rings. The molecule has 2 rings (SSSR count). The molecule has 0 bridgehead atoms. The van der Waals surface area contributed by atoms with Crippen LogP contribution >= 0.6 is 0 Å². The van der Waals surface area contributed by atoms with E-state index in [2.05, 4.69) is 26.0 Å². The minimum Gasteiger partial charge on any atom is -0.458 e. The van der Waals surface area contributed by atoms with Crippen LogP contribution in [0.4, 0.5) is 0 Å². The number of aliphatic hydroxyl groups is 7. The molecular formula is C48H84O15. The predicted molar refractivity (Wildman–Crippen MR) is 238 cm³/mol. The third kappa shape index (κ3) is 24.7. The summed E-state index contributed by atoms with van der Waals surface area (Å²) in [4.78, 5) is 25.5. The number of aliphatic hydroxyl groups excluding tert-OH is 7. The fourth-order valence-corrected chi connectivity index (χ4v) is 7.42. The van der Waals surface area contributed by atoms with Crippen molar-refractivity contribution >= 4 is 11.9 Å². The number of allylic oxidation sites excluding steroid dienone is 5. The van der Waals surface area contributed by atoms with E-state index in [4.69, 9.17) is 28.4 Å². The van der Waals surface area contributed by atoms with Crippen molar-refractivity contribution < 1.29 is 73.8 Å². The van der Waals surface area contributed by atoms with Gasteiger partial charge in [0.05, 0.1) is 19.8 Å². The Bertz CT molecular complexity index is 1240. The summed E-state index contributed by atoms with van der Waals surface area (Å²) in [5.74, 6) is -1.19. The van der Waals surface area contributed by atoms with Gasteiger partial charge in [0.2, 0.25) is 0 Å². The molecule has 0 radical (unpaired) electrons. The van der Waals surface area contributed by atoms with Gasteiger partial charge in [0, 0.05) is 12.5 Å². The summed E-state index contributed by atoms with van der Waals surface area (Å²) < 4.78 is 33.3. The van der Waals surface area contributed by atoms with Crippen LogP contribution in [0.25, 0.3) is 0 Å². The van der Waals surface area contributed by atoms with Crippen LogP contribution in [-0.4, -0.2) is 142 Å².